The van der Waals surface area contributed by atoms with E-state index in [-0.39, 0.29) is 11.4 Å². The van der Waals surface area contributed by atoms with Crippen molar-refractivity contribution in [2.75, 3.05) is 6.54 Å². The van der Waals surface area contributed by atoms with Crippen LogP contribution < -0.4 is 0 Å². The van der Waals surface area contributed by atoms with E-state index >= 15 is 0 Å². The average Bonchev–Trinajstić information content (AvgIpc) is 3.12. The van der Waals surface area contributed by atoms with E-state index in [0.717, 1.165) is 5.56 Å². The largest absolute Gasteiger partial charge is 0.343 e. The lowest BCUT2D eigenvalue weighted by Gasteiger charge is -2.27. The summed E-state index contributed by atoms with van der Waals surface area (Å²) in [5.74, 6) is -0.960. The summed E-state index contributed by atoms with van der Waals surface area (Å²) in [4.78, 5) is 5.39. The molecule has 2 aliphatic rings. The van der Waals surface area contributed by atoms with Gasteiger partial charge in [0.15, 0.2) is 12.1 Å². The number of hydrogen-bond acceptors (Lipinski definition) is 8. The van der Waals surface area contributed by atoms with Crippen molar-refractivity contribution < 1.29 is 26.8 Å². The third-order valence-corrected chi connectivity index (χ3v) is 5.84. The predicted molar refractivity (Wildman–Crippen MR) is 98.9 cm³/mol. The molecule has 29 heavy (non-hydrogen) atoms. The highest BCUT2D eigenvalue weighted by Gasteiger charge is 2.56. The zero-order valence-corrected chi connectivity index (χ0v) is 16.8. The summed E-state index contributed by atoms with van der Waals surface area (Å²) < 4.78 is 47.9. The summed E-state index contributed by atoms with van der Waals surface area (Å²) in [7, 11) is -4.21. The Labute approximate surface area is 167 Å². The molecule has 5 atom stereocenters. The number of aryl methyl sites for hydroxylation is 1. The molecular formula is C16H20N6O6S. The van der Waals surface area contributed by atoms with Gasteiger partial charge in [0.1, 0.15) is 12.2 Å². The molecule has 0 spiro atoms. The van der Waals surface area contributed by atoms with E-state index in [1.807, 2.05) is 6.92 Å². The molecule has 2 saturated heterocycles. The minimum atomic E-state index is -4.21. The fourth-order valence-electron chi connectivity index (χ4n) is 3.24. The lowest BCUT2D eigenvalue weighted by atomic mass is 10.0. The Hall–Kier alpha value is -2.37. The van der Waals surface area contributed by atoms with Gasteiger partial charge in [-0.25, -0.2) is 0 Å². The molecule has 2 aliphatic heterocycles. The number of rotatable bonds is 7. The highest BCUT2D eigenvalue weighted by Crippen LogP contribution is 2.40. The minimum Gasteiger partial charge on any atom is -0.343 e. The van der Waals surface area contributed by atoms with Gasteiger partial charge >= 0.3 is 0 Å². The van der Waals surface area contributed by atoms with Gasteiger partial charge in [-0.1, -0.05) is 27.9 Å². The Morgan fingerprint density at radius 2 is 1.90 bits per heavy atom. The van der Waals surface area contributed by atoms with Crippen molar-refractivity contribution >= 4 is 10.1 Å². The van der Waals surface area contributed by atoms with Crippen LogP contribution in [0.15, 0.2) is 39.4 Å². The van der Waals surface area contributed by atoms with Crippen LogP contribution >= 0.6 is 0 Å². The zero-order chi connectivity index (χ0) is 21.2. The van der Waals surface area contributed by atoms with Gasteiger partial charge in [0.2, 0.25) is 0 Å². The predicted octanol–water partition coefficient (Wildman–Crippen LogP) is 2.93. The molecule has 0 unspecified atom stereocenters. The first-order chi connectivity index (χ1) is 13.7. The van der Waals surface area contributed by atoms with Crippen molar-refractivity contribution in [2.24, 2.45) is 10.2 Å². The van der Waals surface area contributed by atoms with Crippen molar-refractivity contribution in [3.63, 3.8) is 0 Å². The third-order valence-electron chi connectivity index (χ3n) is 4.49. The summed E-state index contributed by atoms with van der Waals surface area (Å²) >= 11 is 0. The van der Waals surface area contributed by atoms with Crippen LogP contribution in [0.5, 0.6) is 0 Å². The number of fused-ring (bicyclic) bond motifs is 1. The molecule has 0 aromatic heterocycles. The topological polar surface area (TPSA) is 169 Å². The van der Waals surface area contributed by atoms with Crippen LogP contribution in [0, 0.1) is 6.92 Å². The lowest BCUT2D eigenvalue weighted by Crippen LogP contribution is -2.43. The van der Waals surface area contributed by atoms with Crippen LogP contribution in [-0.4, -0.2) is 51.4 Å². The normalized spacial score (nSPS) is 28.8. The van der Waals surface area contributed by atoms with Crippen LogP contribution in [0.1, 0.15) is 19.4 Å². The van der Waals surface area contributed by atoms with Crippen LogP contribution in [0.25, 0.3) is 20.9 Å². The second-order valence-electron chi connectivity index (χ2n) is 7.08. The van der Waals surface area contributed by atoms with Crippen molar-refractivity contribution in [3.8, 4) is 0 Å². The summed E-state index contributed by atoms with van der Waals surface area (Å²) in [5.41, 5.74) is 18.5. The van der Waals surface area contributed by atoms with Gasteiger partial charge in [-0.15, -0.1) is 0 Å². The Bertz CT molecular complexity index is 955. The van der Waals surface area contributed by atoms with E-state index < -0.39 is 46.5 Å². The van der Waals surface area contributed by atoms with Gasteiger partial charge in [-0.2, -0.15) is 8.42 Å². The molecule has 156 valence electrons. The van der Waals surface area contributed by atoms with Gasteiger partial charge in [0.25, 0.3) is 10.1 Å². The highest BCUT2D eigenvalue weighted by molar-refractivity contribution is 7.86. The van der Waals surface area contributed by atoms with Crippen molar-refractivity contribution in [1.29, 1.82) is 0 Å². The second kappa shape index (κ2) is 8.17. The summed E-state index contributed by atoms with van der Waals surface area (Å²) in [6, 6.07) is 5.11. The summed E-state index contributed by atoms with van der Waals surface area (Å²) in [6.07, 6.45) is -3.97. The molecule has 0 N–H and O–H groups in total. The van der Waals surface area contributed by atoms with Crippen molar-refractivity contribution in [1.82, 2.24) is 0 Å². The maximum atomic E-state index is 12.7. The fraction of sp³-hybridized carbons (Fsp3) is 0.625. The monoisotopic (exact) mass is 424 g/mol. The Kier molecular flexibility index (Phi) is 6.01. The van der Waals surface area contributed by atoms with Crippen LogP contribution in [-0.2, 0) is 28.5 Å². The number of benzene rings is 1. The highest BCUT2D eigenvalue weighted by atomic mass is 32.2. The smallest absolute Gasteiger partial charge is 0.297 e. The molecule has 2 fully saturated rings. The first-order valence-corrected chi connectivity index (χ1v) is 10.1. The molecular weight excluding hydrogens is 404 g/mol. The first kappa shape index (κ1) is 21.3. The molecule has 13 heteroatoms. The van der Waals surface area contributed by atoms with E-state index in [9.17, 15) is 8.42 Å². The van der Waals surface area contributed by atoms with Crippen molar-refractivity contribution in [3.05, 3.63) is 50.7 Å². The van der Waals surface area contributed by atoms with Gasteiger partial charge in [-0.05, 0) is 44.0 Å². The minimum absolute atomic E-state index is 0.0683. The number of ether oxygens (including phenoxy) is 3. The van der Waals surface area contributed by atoms with Crippen molar-refractivity contribution in [2.45, 2.75) is 62.1 Å². The average molecular weight is 424 g/mol. The van der Waals surface area contributed by atoms with E-state index in [0.29, 0.717) is 0 Å². The Morgan fingerprint density at radius 3 is 2.52 bits per heavy atom. The summed E-state index contributed by atoms with van der Waals surface area (Å²) in [5, 5.41) is 7.12. The second-order valence-corrected chi connectivity index (χ2v) is 8.65. The molecule has 0 saturated carbocycles. The molecule has 0 bridgehead atoms. The molecule has 3 rings (SSSR count). The molecule has 2 heterocycles. The van der Waals surface area contributed by atoms with E-state index in [1.165, 1.54) is 12.1 Å². The third kappa shape index (κ3) is 4.62. The van der Waals surface area contributed by atoms with Crippen LogP contribution in [0.3, 0.4) is 0 Å². The quantitative estimate of drug-likeness (QED) is 0.282. The molecule has 0 amide bonds. The molecule has 12 nitrogen and oxygen atoms in total. The van der Waals surface area contributed by atoms with E-state index in [1.54, 1.807) is 26.0 Å². The van der Waals surface area contributed by atoms with E-state index in [4.69, 9.17) is 29.5 Å². The maximum absolute atomic E-state index is 12.7. The van der Waals surface area contributed by atoms with Gasteiger partial charge in [0.05, 0.1) is 23.6 Å². The number of azide groups is 2. The molecule has 0 aliphatic carbocycles. The zero-order valence-electron chi connectivity index (χ0n) is 15.9. The first-order valence-electron chi connectivity index (χ1n) is 8.73. The SMILES string of the molecule is Cc1ccc(S(=O)(=O)O[C@H](CN=[N+]=[N-])[C@H]2O[C@@H]3OC(C)(C)O[C@@H]3[C@H]2N=[N+]=[N-])cc1. The van der Waals surface area contributed by atoms with Crippen LogP contribution in [0.2, 0.25) is 0 Å². The Morgan fingerprint density at radius 1 is 1.21 bits per heavy atom. The molecule has 1 aromatic carbocycles. The number of hydrogen-bond donors (Lipinski definition) is 0. The van der Waals surface area contributed by atoms with Crippen LogP contribution in [0.4, 0.5) is 0 Å². The lowest BCUT2D eigenvalue weighted by molar-refractivity contribution is -0.213. The van der Waals surface area contributed by atoms with Gasteiger partial charge in [-0.3, -0.25) is 4.18 Å². The number of nitrogens with zero attached hydrogens (tertiary/aromatic N) is 6. The standard InChI is InChI=1S/C16H20N6O6S/c1-9-4-6-10(7-5-9)29(23,24)28-11(8-19-21-17)13-12(20-22-18)14-15(25-13)27-16(2,3)26-14/h4-7,11-15H,8H2,1-3H3/t11-,12+,13-,14-,15-/m1/s1. The molecule has 0 radical (unpaired) electrons. The maximum Gasteiger partial charge on any atom is 0.297 e. The Balaban J connectivity index is 1.89. The molecule has 1 aromatic rings. The van der Waals surface area contributed by atoms with Gasteiger partial charge in [0, 0.05) is 9.82 Å². The van der Waals surface area contributed by atoms with Gasteiger partial charge < -0.3 is 14.2 Å². The fourth-order valence-corrected chi connectivity index (χ4v) is 4.32. The summed E-state index contributed by atoms with van der Waals surface area (Å²) in [6.45, 7) is 4.80. The van der Waals surface area contributed by atoms with E-state index in [2.05, 4.69) is 20.1 Å².